The highest BCUT2D eigenvalue weighted by Crippen LogP contribution is 2.40. The summed E-state index contributed by atoms with van der Waals surface area (Å²) in [6.45, 7) is 4.73. The van der Waals surface area contributed by atoms with E-state index in [-0.39, 0.29) is 6.10 Å². The van der Waals surface area contributed by atoms with Crippen LogP contribution in [0.3, 0.4) is 0 Å². The Bertz CT molecular complexity index is 1100. The molecule has 1 N–H and O–H groups in total. The first kappa shape index (κ1) is 25.3. The zero-order valence-corrected chi connectivity index (χ0v) is 22.6. The van der Waals surface area contributed by atoms with E-state index in [0.717, 1.165) is 61.4 Å². The van der Waals surface area contributed by atoms with Crippen LogP contribution >= 0.6 is 22.7 Å². The van der Waals surface area contributed by atoms with Crippen LogP contribution in [0, 0.1) is 5.92 Å². The van der Waals surface area contributed by atoms with Crippen molar-refractivity contribution in [1.29, 1.82) is 0 Å². The fraction of sp³-hybridized carbons (Fsp3) is 0.464. The minimum atomic E-state index is -1.74. The van der Waals surface area contributed by atoms with E-state index in [1.165, 1.54) is 22.7 Å². The van der Waals surface area contributed by atoms with Crippen molar-refractivity contribution in [3.05, 3.63) is 69.0 Å². The number of rotatable bonds is 10. The standard InChI is InChI=1S/C28H35N2O4S2/c1-29(2)22-7-3-8-23(19-22)33-16-6-13-30-14-11-21(12-15-30)24(20-30)34-27(31)28(32,25-9-4-17-35-25)26-10-5-18-36-26/h3-5,7-10,17-19,21,24,32H,6,11-16,20H2,1-2H3/q+1/t21?,24-,30?/m0/s1. The zero-order chi connectivity index (χ0) is 25.2. The first-order valence-electron chi connectivity index (χ1n) is 12.7. The minimum Gasteiger partial charge on any atom is -0.493 e. The third-order valence-corrected chi connectivity index (χ3v) is 9.69. The number of ether oxygens (including phenoxy) is 2. The minimum absolute atomic E-state index is 0.163. The molecule has 0 saturated carbocycles. The summed E-state index contributed by atoms with van der Waals surface area (Å²) in [5.74, 6) is 0.718. The maximum Gasteiger partial charge on any atom is 0.349 e. The van der Waals surface area contributed by atoms with Crippen LogP contribution in [0.5, 0.6) is 5.75 Å². The fourth-order valence-corrected chi connectivity index (χ4v) is 7.34. The number of nitrogens with zero attached hydrogens (tertiary/aromatic N) is 2. The van der Waals surface area contributed by atoms with E-state index in [0.29, 0.717) is 22.3 Å². The van der Waals surface area contributed by atoms with Crippen molar-refractivity contribution < 1.29 is 23.9 Å². The van der Waals surface area contributed by atoms with Crippen molar-refractivity contribution in [3.8, 4) is 5.75 Å². The van der Waals surface area contributed by atoms with Crippen LogP contribution < -0.4 is 9.64 Å². The summed E-state index contributed by atoms with van der Waals surface area (Å²) in [4.78, 5) is 16.8. The summed E-state index contributed by atoms with van der Waals surface area (Å²) in [6, 6.07) is 15.5. The van der Waals surface area contributed by atoms with Crippen LogP contribution in [-0.4, -0.2) is 68.5 Å². The maximum absolute atomic E-state index is 13.5. The van der Waals surface area contributed by atoms with Gasteiger partial charge in [-0.05, 0) is 35.0 Å². The van der Waals surface area contributed by atoms with Crippen LogP contribution in [0.25, 0.3) is 0 Å². The molecule has 0 aliphatic carbocycles. The number of aliphatic hydroxyl groups is 1. The molecule has 5 heterocycles. The number of hydrogen-bond donors (Lipinski definition) is 1. The van der Waals surface area contributed by atoms with E-state index in [1.807, 2.05) is 61.3 Å². The van der Waals surface area contributed by atoms with Crippen LogP contribution in [-0.2, 0) is 15.1 Å². The number of anilines is 1. The molecule has 6 rings (SSSR count). The fourth-order valence-electron chi connectivity index (χ4n) is 5.62. The summed E-state index contributed by atoms with van der Waals surface area (Å²) >= 11 is 2.76. The lowest BCUT2D eigenvalue weighted by Gasteiger charge is -2.52. The van der Waals surface area contributed by atoms with Gasteiger partial charge in [-0.3, -0.25) is 0 Å². The number of hydrogen-bond acceptors (Lipinski definition) is 7. The summed E-state index contributed by atoms with van der Waals surface area (Å²) in [5.41, 5.74) is -0.615. The number of benzene rings is 1. The Morgan fingerprint density at radius 1 is 1.08 bits per heavy atom. The average molecular weight is 528 g/mol. The Balaban J connectivity index is 1.21. The van der Waals surface area contributed by atoms with E-state index < -0.39 is 11.6 Å². The Labute approximate surface area is 221 Å². The van der Waals surface area contributed by atoms with Gasteiger partial charge in [-0.1, -0.05) is 18.2 Å². The molecule has 2 aromatic heterocycles. The van der Waals surface area contributed by atoms with E-state index in [4.69, 9.17) is 9.47 Å². The van der Waals surface area contributed by atoms with Crippen LogP contribution in [0.15, 0.2) is 59.3 Å². The van der Waals surface area contributed by atoms with Crippen molar-refractivity contribution >= 4 is 34.3 Å². The molecule has 0 spiro atoms. The van der Waals surface area contributed by atoms with Crippen LogP contribution in [0.4, 0.5) is 5.69 Å². The average Bonchev–Trinajstić information content (AvgIpc) is 3.63. The van der Waals surface area contributed by atoms with Gasteiger partial charge in [0.25, 0.3) is 0 Å². The number of carbonyl (C=O) groups is 1. The molecule has 36 heavy (non-hydrogen) atoms. The van der Waals surface area contributed by atoms with Gasteiger partial charge in [-0.2, -0.15) is 0 Å². The third kappa shape index (κ3) is 5.05. The molecule has 0 radical (unpaired) electrons. The Morgan fingerprint density at radius 3 is 2.39 bits per heavy atom. The molecule has 8 heteroatoms. The molecular formula is C28H35N2O4S2+. The first-order valence-corrected chi connectivity index (χ1v) is 14.4. The van der Waals surface area contributed by atoms with Crippen molar-refractivity contribution in [1.82, 2.24) is 0 Å². The lowest BCUT2D eigenvalue weighted by atomic mass is 9.83. The molecule has 1 atom stereocenters. The second kappa shape index (κ2) is 10.5. The Kier molecular flexibility index (Phi) is 7.40. The molecule has 3 aliphatic rings. The molecule has 3 fully saturated rings. The molecular weight excluding hydrogens is 492 g/mol. The highest BCUT2D eigenvalue weighted by atomic mass is 32.1. The Morgan fingerprint density at radius 2 is 1.78 bits per heavy atom. The van der Waals surface area contributed by atoms with Gasteiger partial charge in [0, 0.05) is 51.0 Å². The van der Waals surface area contributed by atoms with Gasteiger partial charge in [-0.25, -0.2) is 4.79 Å². The number of fused-ring (bicyclic) bond motifs is 3. The van der Waals surface area contributed by atoms with Crippen molar-refractivity contribution in [2.24, 2.45) is 5.92 Å². The quantitative estimate of drug-likeness (QED) is 0.235. The van der Waals surface area contributed by atoms with E-state index in [2.05, 4.69) is 17.0 Å². The molecule has 6 nitrogen and oxygen atoms in total. The lowest BCUT2D eigenvalue weighted by molar-refractivity contribution is -0.946. The second-order valence-electron chi connectivity index (χ2n) is 10.2. The number of quaternary nitrogens is 1. The highest BCUT2D eigenvalue weighted by Gasteiger charge is 2.51. The van der Waals surface area contributed by atoms with Gasteiger partial charge in [0.1, 0.15) is 12.3 Å². The van der Waals surface area contributed by atoms with Gasteiger partial charge in [0.2, 0.25) is 5.60 Å². The van der Waals surface area contributed by atoms with Gasteiger partial charge in [-0.15, -0.1) is 22.7 Å². The molecule has 1 aromatic carbocycles. The molecule has 0 unspecified atom stereocenters. The molecule has 3 saturated heterocycles. The van der Waals surface area contributed by atoms with E-state index >= 15 is 0 Å². The summed E-state index contributed by atoms with van der Waals surface area (Å²) in [5, 5.41) is 15.4. The number of carbonyl (C=O) groups excluding carboxylic acids is 1. The zero-order valence-electron chi connectivity index (χ0n) is 21.0. The second-order valence-corrected chi connectivity index (χ2v) is 12.1. The molecule has 192 valence electrons. The summed E-state index contributed by atoms with van der Waals surface area (Å²) in [6.07, 6.45) is 2.90. The van der Waals surface area contributed by atoms with Crippen LogP contribution in [0.2, 0.25) is 0 Å². The monoisotopic (exact) mass is 527 g/mol. The SMILES string of the molecule is CN(C)c1cccc(OCCC[N+]23CCC(CC2)[C@@H](OC(=O)C(O)(c2cccs2)c2cccs2)C3)c1. The topological polar surface area (TPSA) is 59.0 Å². The normalized spacial score (nSPS) is 23.4. The van der Waals surface area contributed by atoms with Gasteiger partial charge < -0.3 is 24.0 Å². The largest absolute Gasteiger partial charge is 0.493 e. The molecule has 2 bridgehead atoms. The van der Waals surface area contributed by atoms with E-state index in [9.17, 15) is 9.90 Å². The maximum atomic E-state index is 13.5. The smallest absolute Gasteiger partial charge is 0.349 e. The predicted octanol–water partition coefficient (Wildman–Crippen LogP) is 4.73. The summed E-state index contributed by atoms with van der Waals surface area (Å²) < 4.78 is 13.2. The third-order valence-electron chi connectivity index (χ3n) is 7.73. The lowest BCUT2D eigenvalue weighted by Crippen LogP contribution is -2.65. The molecule has 3 aliphatic heterocycles. The van der Waals surface area contributed by atoms with Gasteiger partial charge >= 0.3 is 5.97 Å². The summed E-state index contributed by atoms with van der Waals surface area (Å²) in [7, 11) is 4.06. The number of esters is 1. The molecule has 0 amide bonds. The Hall–Kier alpha value is -2.39. The van der Waals surface area contributed by atoms with Gasteiger partial charge in [0.05, 0.1) is 36.0 Å². The molecule has 3 aromatic rings. The van der Waals surface area contributed by atoms with Crippen molar-refractivity contribution in [2.45, 2.75) is 31.0 Å². The van der Waals surface area contributed by atoms with Crippen LogP contribution in [0.1, 0.15) is 29.0 Å². The number of thiophene rings is 2. The van der Waals surface area contributed by atoms with E-state index in [1.54, 1.807) is 0 Å². The first-order chi connectivity index (χ1) is 17.4. The number of piperidine rings is 3. The highest BCUT2D eigenvalue weighted by molar-refractivity contribution is 7.12. The predicted molar refractivity (Wildman–Crippen MR) is 145 cm³/mol. The van der Waals surface area contributed by atoms with Gasteiger partial charge in [0.15, 0.2) is 6.10 Å². The van der Waals surface area contributed by atoms with Crippen molar-refractivity contribution in [2.75, 3.05) is 51.8 Å². The van der Waals surface area contributed by atoms with Crippen molar-refractivity contribution in [3.63, 3.8) is 0 Å².